The van der Waals surface area contributed by atoms with Crippen molar-refractivity contribution >= 4 is 18.0 Å². The Morgan fingerprint density at radius 1 is 1.22 bits per heavy atom. The van der Waals surface area contributed by atoms with E-state index in [9.17, 15) is 14.4 Å². The summed E-state index contributed by atoms with van der Waals surface area (Å²) in [5.41, 5.74) is 0. The van der Waals surface area contributed by atoms with Gasteiger partial charge in [0.2, 0.25) is 6.23 Å². The molecule has 9 nitrogen and oxygen atoms in total. The van der Waals surface area contributed by atoms with Gasteiger partial charge in [-0.15, -0.1) is 0 Å². The Kier molecular flexibility index (Phi) is 7.76. The van der Waals surface area contributed by atoms with Gasteiger partial charge in [-0.3, -0.25) is 9.69 Å². The number of rotatable bonds is 8. The molecule has 9 heteroatoms. The Balaban J connectivity index is 3.04. The SMILES string of the molecule is CCOC(=O)C(OCC)N1C(=O)N(OC(C)=O)CCC1OCC. The third-order valence-corrected chi connectivity index (χ3v) is 2.99. The highest BCUT2D eigenvalue weighted by molar-refractivity contribution is 5.83. The summed E-state index contributed by atoms with van der Waals surface area (Å²) in [5.74, 6) is -1.32. The molecule has 1 heterocycles. The highest BCUT2D eigenvalue weighted by Gasteiger charge is 2.44. The third-order valence-electron chi connectivity index (χ3n) is 2.99. The molecule has 23 heavy (non-hydrogen) atoms. The fourth-order valence-electron chi connectivity index (χ4n) is 2.19. The molecule has 0 radical (unpaired) electrons. The van der Waals surface area contributed by atoms with E-state index < -0.39 is 30.4 Å². The zero-order valence-corrected chi connectivity index (χ0v) is 13.9. The van der Waals surface area contributed by atoms with Gasteiger partial charge < -0.3 is 19.0 Å². The molecule has 1 aliphatic heterocycles. The van der Waals surface area contributed by atoms with Crippen LogP contribution in [0, 0.1) is 0 Å². The third kappa shape index (κ3) is 5.07. The number of nitrogens with zero attached hydrogens (tertiary/aromatic N) is 2. The second kappa shape index (κ2) is 9.31. The molecule has 0 aromatic carbocycles. The van der Waals surface area contributed by atoms with Crippen LogP contribution < -0.4 is 0 Å². The Morgan fingerprint density at radius 3 is 2.43 bits per heavy atom. The van der Waals surface area contributed by atoms with E-state index in [1.165, 1.54) is 6.92 Å². The van der Waals surface area contributed by atoms with E-state index in [4.69, 9.17) is 19.0 Å². The van der Waals surface area contributed by atoms with Gasteiger partial charge in [0, 0.05) is 26.6 Å². The molecule has 0 aliphatic carbocycles. The van der Waals surface area contributed by atoms with Gasteiger partial charge in [-0.2, -0.15) is 5.06 Å². The zero-order chi connectivity index (χ0) is 17.4. The Morgan fingerprint density at radius 2 is 1.91 bits per heavy atom. The van der Waals surface area contributed by atoms with Gasteiger partial charge >= 0.3 is 18.0 Å². The first-order chi connectivity index (χ1) is 11.0. The second-order valence-electron chi connectivity index (χ2n) is 4.63. The summed E-state index contributed by atoms with van der Waals surface area (Å²) in [4.78, 5) is 41.8. The summed E-state index contributed by atoms with van der Waals surface area (Å²) in [6.07, 6.45) is -1.57. The first-order valence-corrected chi connectivity index (χ1v) is 7.64. The average molecular weight is 332 g/mol. The average Bonchev–Trinajstić information content (AvgIpc) is 2.49. The van der Waals surface area contributed by atoms with Crippen LogP contribution >= 0.6 is 0 Å². The number of urea groups is 1. The van der Waals surface area contributed by atoms with E-state index in [1.54, 1.807) is 20.8 Å². The van der Waals surface area contributed by atoms with Crippen molar-refractivity contribution in [2.45, 2.75) is 46.6 Å². The van der Waals surface area contributed by atoms with Gasteiger partial charge in [-0.25, -0.2) is 9.59 Å². The maximum atomic E-state index is 12.6. The molecule has 1 saturated heterocycles. The number of amides is 2. The lowest BCUT2D eigenvalue weighted by Crippen LogP contribution is -2.61. The molecule has 0 N–H and O–H groups in total. The maximum absolute atomic E-state index is 12.6. The predicted molar refractivity (Wildman–Crippen MR) is 77.8 cm³/mol. The van der Waals surface area contributed by atoms with Crippen molar-refractivity contribution in [1.82, 2.24) is 9.96 Å². The van der Waals surface area contributed by atoms with E-state index in [0.717, 1.165) is 9.96 Å². The number of carbonyl (C=O) groups is 3. The van der Waals surface area contributed by atoms with Gasteiger partial charge in [0.1, 0.15) is 6.23 Å². The highest BCUT2D eigenvalue weighted by atomic mass is 16.7. The van der Waals surface area contributed by atoms with Crippen LogP contribution in [0.25, 0.3) is 0 Å². The molecule has 2 unspecified atom stereocenters. The normalized spacial score (nSPS) is 19.5. The van der Waals surface area contributed by atoms with E-state index in [-0.39, 0.29) is 19.8 Å². The largest absolute Gasteiger partial charge is 0.463 e. The van der Waals surface area contributed by atoms with Crippen LogP contribution in [0.1, 0.15) is 34.1 Å². The molecule has 2 amide bonds. The molecular weight excluding hydrogens is 308 g/mol. The number of hydrogen-bond donors (Lipinski definition) is 0. The van der Waals surface area contributed by atoms with Crippen LogP contribution in [0.2, 0.25) is 0 Å². The van der Waals surface area contributed by atoms with E-state index >= 15 is 0 Å². The summed E-state index contributed by atoms with van der Waals surface area (Å²) in [6, 6.07) is -0.684. The fraction of sp³-hybridized carbons (Fsp3) is 0.786. The van der Waals surface area contributed by atoms with Gasteiger partial charge in [0.25, 0.3) is 0 Å². The first kappa shape index (κ1) is 19.2. The minimum Gasteiger partial charge on any atom is -0.463 e. The standard InChI is InChI=1S/C14H24N2O7/c1-5-20-11-8-9-15(23-10(4)17)14(19)16(11)12(21-6-2)13(18)22-7-3/h11-12H,5-9H2,1-4H3. The van der Waals surface area contributed by atoms with E-state index in [1.807, 2.05) is 0 Å². The van der Waals surface area contributed by atoms with Crippen molar-refractivity contribution in [3.05, 3.63) is 0 Å². The Bertz CT molecular complexity index is 429. The number of hydrogen-bond acceptors (Lipinski definition) is 7. The number of hydroxylamine groups is 2. The van der Waals surface area contributed by atoms with Crippen LogP contribution in [0.15, 0.2) is 0 Å². The summed E-state index contributed by atoms with van der Waals surface area (Å²) >= 11 is 0. The van der Waals surface area contributed by atoms with Crippen LogP contribution in [0.3, 0.4) is 0 Å². The highest BCUT2D eigenvalue weighted by Crippen LogP contribution is 2.22. The van der Waals surface area contributed by atoms with Crippen LogP contribution in [-0.4, -0.2) is 66.8 Å². The lowest BCUT2D eigenvalue weighted by atomic mass is 10.2. The maximum Gasteiger partial charge on any atom is 0.357 e. The van der Waals surface area contributed by atoms with E-state index in [2.05, 4.69) is 0 Å². The molecule has 0 aromatic heterocycles. The van der Waals surface area contributed by atoms with Crippen LogP contribution in [0.5, 0.6) is 0 Å². The number of carbonyl (C=O) groups excluding carboxylic acids is 3. The molecule has 0 saturated carbocycles. The van der Waals surface area contributed by atoms with E-state index in [0.29, 0.717) is 13.0 Å². The lowest BCUT2D eigenvalue weighted by Gasteiger charge is -2.41. The fourth-order valence-corrected chi connectivity index (χ4v) is 2.19. The van der Waals surface area contributed by atoms with Crippen molar-refractivity contribution in [3.63, 3.8) is 0 Å². The number of esters is 1. The summed E-state index contributed by atoms with van der Waals surface area (Å²) in [5, 5.41) is 0.892. The van der Waals surface area contributed by atoms with Gasteiger partial charge in [-0.1, -0.05) is 0 Å². The summed E-state index contributed by atoms with van der Waals surface area (Å²) in [7, 11) is 0. The topological polar surface area (TPSA) is 94.6 Å². The minimum atomic E-state index is -1.26. The molecule has 0 spiro atoms. The minimum absolute atomic E-state index is 0.150. The van der Waals surface area contributed by atoms with Crippen molar-refractivity contribution in [2.24, 2.45) is 0 Å². The predicted octanol–water partition coefficient (Wildman–Crippen LogP) is 0.880. The summed E-state index contributed by atoms with van der Waals surface area (Å²) in [6.45, 7) is 7.19. The zero-order valence-electron chi connectivity index (χ0n) is 13.9. The molecule has 0 aromatic rings. The van der Waals surface area contributed by atoms with Crippen molar-refractivity contribution in [2.75, 3.05) is 26.4 Å². The second-order valence-corrected chi connectivity index (χ2v) is 4.63. The monoisotopic (exact) mass is 332 g/mol. The number of ether oxygens (including phenoxy) is 3. The molecule has 1 fully saturated rings. The van der Waals surface area contributed by atoms with Gasteiger partial charge in [0.15, 0.2) is 0 Å². The van der Waals surface area contributed by atoms with Crippen LogP contribution in [0.4, 0.5) is 4.79 Å². The van der Waals surface area contributed by atoms with Crippen molar-refractivity contribution in [3.8, 4) is 0 Å². The Hall–Kier alpha value is -1.87. The van der Waals surface area contributed by atoms with Crippen molar-refractivity contribution < 1.29 is 33.4 Å². The van der Waals surface area contributed by atoms with Gasteiger partial charge in [-0.05, 0) is 20.8 Å². The lowest BCUT2D eigenvalue weighted by molar-refractivity contribution is -0.212. The van der Waals surface area contributed by atoms with Gasteiger partial charge in [0.05, 0.1) is 13.2 Å². The quantitative estimate of drug-likeness (QED) is 0.609. The molecule has 0 bridgehead atoms. The summed E-state index contributed by atoms with van der Waals surface area (Å²) < 4.78 is 15.9. The molecule has 2 atom stereocenters. The first-order valence-electron chi connectivity index (χ1n) is 7.64. The molecule has 1 rings (SSSR count). The Labute approximate surface area is 135 Å². The smallest absolute Gasteiger partial charge is 0.357 e. The van der Waals surface area contributed by atoms with Crippen LogP contribution in [-0.2, 0) is 28.6 Å². The molecule has 132 valence electrons. The molecular formula is C14H24N2O7. The van der Waals surface area contributed by atoms with Crippen molar-refractivity contribution in [1.29, 1.82) is 0 Å². The molecule has 1 aliphatic rings.